The van der Waals surface area contributed by atoms with Gasteiger partial charge < -0.3 is 19.4 Å². The first-order chi connectivity index (χ1) is 16.4. The van der Waals surface area contributed by atoms with E-state index in [9.17, 15) is 14.8 Å². The third-order valence-corrected chi connectivity index (χ3v) is 7.01. The van der Waals surface area contributed by atoms with Crippen LogP contribution in [0.15, 0.2) is 42.7 Å². The van der Waals surface area contributed by atoms with Gasteiger partial charge in [0.1, 0.15) is 21.0 Å². The van der Waals surface area contributed by atoms with Crippen LogP contribution in [0.5, 0.6) is 11.5 Å². The van der Waals surface area contributed by atoms with E-state index in [1.807, 2.05) is 0 Å². The van der Waals surface area contributed by atoms with E-state index in [0.717, 1.165) is 24.2 Å². The summed E-state index contributed by atoms with van der Waals surface area (Å²) in [5, 5.41) is 12.0. The van der Waals surface area contributed by atoms with Crippen LogP contribution in [-0.4, -0.2) is 26.0 Å². The predicted molar refractivity (Wildman–Crippen MR) is 128 cm³/mol. The van der Waals surface area contributed by atoms with Gasteiger partial charge in [-0.1, -0.05) is 29.3 Å². The third kappa shape index (κ3) is 5.81. The molecule has 1 aliphatic carbocycles. The number of hydrogen-bond donors (Lipinski definition) is 0. The van der Waals surface area contributed by atoms with Gasteiger partial charge in [0.2, 0.25) is 0 Å². The van der Waals surface area contributed by atoms with Crippen molar-refractivity contribution in [2.45, 2.75) is 25.4 Å². The van der Waals surface area contributed by atoms with Crippen LogP contribution in [-0.2, 0) is 11.2 Å². The van der Waals surface area contributed by atoms with Crippen LogP contribution >= 0.6 is 34.5 Å². The van der Waals surface area contributed by atoms with Crippen molar-refractivity contribution in [3.05, 3.63) is 78.9 Å². The summed E-state index contributed by atoms with van der Waals surface area (Å²) >= 11 is 13.6. The zero-order valence-electron chi connectivity index (χ0n) is 18.2. The first-order valence-corrected chi connectivity index (χ1v) is 12.1. The molecular weight excluding hydrogens is 501 g/mol. The molecule has 2 heterocycles. The Balaban J connectivity index is 1.67. The molecule has 0 bridgehead atoms. The first-order valence-electron chi connectivity index (χ1n) is 10.5. The summed E-state index contributed by atoms with van der Waals surface area (Å²) in [4.78, 5) is 24.6. The maximum absolute atomic E-state index is 12.9. The molecule has 7 nitrogen and oxygen atoms in total. The van der Waals surface area contributed by atoms with E-state index in [0.29, 0.717) is 51.0 Å². The number of halogens is 2. The van der Waals surface area contributed by atoms with Crippen LogP contribution in [0.2, 0.25) is 10.0 Å². The summed E-state index contributed by atoms with van der Waals surface area (Å²) in [6.07, 6.45) is 4.64. The van der Waals surface area contributed by atoms with Crippen molar-refractivity contribution in [1.82, 2.24) is 0 Å². The van der Waals surface area contributed by atoms with Crippen molar-refractivity contribution in [3.8, 4) is 11.5 Å². The minimum atomic E-state index is -0.805. The fourth-order valence-electron chi connectivity index (χ4n) is 3.35. The van der Waals surface area contributed by atoms with E-state index in [2.05, 4.69) is 0 Å². The molecule has 0 aliphatic heterocycles. The van der Waals surface area contributed by atoms with Crippen molar-refractivity contribution in [1.29, 1.82) is 0 Å². The van der Waals surface area contributed by atoms with Gasteiger partial charge in [-0.2, -0.15) is 4.73 Å². The Morgan fingerprint density at radius 2 is 1.94 bits per heavy atom. The fourth-order valence-corrected chi connectivity index (χ4v) is 4.65. The minimum Gasteiger partial charge on any atom is -0.619 e. The van der Waals surface area contributed by atoms with Gasteiger partial charge in [-0.15, -0.1) is 11.3 Å². The predicted octanol–water partition coefficient (Wildman–Crippen LogP) is 5.44. The number of carbonyl (C=O) groups is 2. The lowest BCUT2D eigenvalue weighted by Gasteiger charge is -2.21. The molecule has 1 aromatic carbocycles. The molecule has 178 valence electrons. The van der Waals surface area contributed by atoms with Gasteiger partial charge >= 0.3 is 5.97 Å². The topological polar surface area (TPSA) is 88.8 Å². The summed E-state index contributed by atoms with van der Waals surface area (Å²) in [6, 6.07) is 8.37. The summed E-state index contributed by atoms with van der Waals surface area (Å²) in [5.41, 5.74) is 1.10. The number of aldehydes is 1. The van der Waals surface area contributed by atoms with Crippen LogP contribution < -0.4 is 14.2 Å². The molecule has 4 rings (SSSR count). The van der Waals surface area contributed by atoms with E-state index >= 15 is 0 Å². The van der Waals surface area contributed by atoms with Gasteiger partial charge in [0, 0.05) is 12.0 Å². The normalized spacial score (nSPS) is 13.9. The quantitative estimate of drug-likeness (QED) is 0.153. The minimum absolute atomic E-state index is 0.116. The van der Waals surface area contributed by atoms with E-state index < -0.39 is 12.1 Å². The van der Waals surface area contributed by atoms with Crippen molar-refractivity contribution in [2.75, 3.05) is 13.7 Å². The van der Waals surface area contributed by atoms with Gasteiger partial charge in [-0.3, -0.25) is 4.79 Å². The number of methoxy groups -OCH3 is 1. The smallest absolute Gasteiger partial charge is 0.348 e. The highest BCUT2D eigenvalue weighted by molar-refractivity contribution is 7.15. The highest BCUT2D eigenvalue weighted by atomic mass is 35.5. The number of pyridine rings is 1. The lowest BCUT2D eigenvalue weighted by molar-refractivity contribution is -0.605. The molecule has 34 heavy (non-hydrogen) atoms. The molecule has 2 aromatic heterocycles. The lowest BCUT2D eigenvalue weighted by atomic mass is 10.0. The zero-order chi connectivity index (χ0) is 24.2. The largest absolute Gasteiger partial charge is 0.619 e. The van der Waals surface area contributed by atoms with E-state index in [1.54, 1.807) is 31.4 Å². The Morgan fingerprint density at radius 1 is 1.21 bits per heavy atom. The fraction of sp³-hybridized carbons (Fsp3) is 0.292. The summed E-state index contributed by atoms with van der Waals surface area (Å²) in [7, 11) is 1.56. The number of rotatable bonds is 10. The molecule has 0 radical (unpaired) electrons. The number of thiophene rings is 1. The van der Waals surface area contributed by atoms with E-state index in [1.165, 1.54) is 18.5 Å². The molecule has 10 heteroatoms. The average molecular weight is 522 g/mol. The van der Waals surface area contributed by atoms with Crippen molar-refractivity contribution < 1.29 is 28.5 Å². The zero-order valence-corrected chi connectivity index (χ0v) is 20.5. The molecule has 3 aromatic rings. The van der Waals surface area contributed by atoms with Crippen molar-refractivity contribution >= 4 is 46.8 Å². The van der Waals surface area contributed by atoms with Crippen LogP contribution in [0, 0.1) is 11.1 Å². The number of carbonyl (C=O) groups excluding carboxylic acids is 2. The highest BCUT2D eigenvalue weighted by Gasteiger charge is 2.26. The van der Waals surface area contributed by atoms with Gasteiger partial charge in [0.05, 0.1) is 18.6 Å². The Morgan fingerprint density at radius 3 is 2.56 bits per heavy atom. The number of benzene rings is 1. The van der Waals surface area contributed by atoms with Crippen molar-refractivity contribution in [3.63, 3.8) is 0 Å². The van der Waals surface area contributed by atoms with E-state index in [-0.39, 0.29) is 21.3 Å². The standard InChI is InChI=1S/C24H21Cl2NO6S/c1-31-20-6-4-15(8-22(20)32-13-14-2-3-14)21(9-17-18(25)10-27(30)11-19(17)26)33-24(29)23-7-5-16(12-28)34-23/h4-8,10-12,14,21H,2-3,9,13H2,1H3. The highest BCUT2D eigenvalue weighted by Crippen LogP contribution is 2.37. The first kappa shape index (κ1) is 24.3. The second kappa shape index (κ2) is 10.6. The third-order valence-electron chi connectivity index (χ3n) is 5.37. The molecule has 0 amide bonds. The lowest BCUT2D eigenvalue weighted by Crippen LogP contribution is -2.25. The number of aromatic nitrogens is 1. The summed E-state index contributed by atoms with van der Waals surface area (Å²) < 4.78 is 17.7. The molecule has 1 aliphatic rings. The Hall–Kier alpha value is -2.81. The maximum atomic E-state index is 12.9. The number of hydrogen-bond acceptors (Lipinski definition) is 7. The van der Waals surface area contributed by atoms with E-state index in [4.69, 9.17) is 37.4 Å². The Labute approximate surface area is 210 Å². The molecule has 1 saturated carbocycles. The van der Waals surface area contributed by atoms with Crippen molar-refractivity contribution in [2.24, 2.45) is 5.92 Å². The number of nitrogens with zero attached hydrogens (tertiary/aromatic N) is 1. The van der Waals surface area contributed by atoms with Crippen LogP contribution in [0.3, 0.4) is 0 Å². The van der Waals surface area contributed by atoms with Crippen LogP contribution in [0.25, 0.3) is 0 Å². The summed E-state index contributed by atoms with van der Waals surface area (Å²) in [6.45, 7) is 0.577. The maximum Gasteiger partial charge on any atom is 0.348 e. The molecule has 1 fully saturated rings. The number of ether oxygens (including phenoxy) is 3. The molecular formula is C24H21Cl2NO6S. The molecule has 1 unspecified atom stereocenters. The van der Waals surface area contributed by atoms with Gasteiger partial charge in [0.25, 0.3) is 0 Å². The molecule has 0 spiro atoms. The van der Waals surface area contributed by atoms with Gasteiger partial charge in [-0.05, 0) is 48.6 Å². The van der Waals surface area contributed by atoms with Crippen LogP contribution in [0.1, 0.15) is 49.4 Å². The average Bonchev–Trinajstić information content (AvgIpc) is 3.52. The second-order valence-electron chi connectivity index (χ2n) is 7.88. The molecule has 1 atom stereocenters. The van der Waals surface area contributed by atoms with Crippen LogP contribution in [0.4, 0.5) is 0 Å². The summed E-state index contributed by atoms with van der Waals surface area (Å²) in [5.74, 6) is 1.04. The van der Waals surface area contributed by atoms with Gasteiger partial charge in [0.15, 0.2) is 30.2 Å². The Kier molecular flexibility index (Phi) is 7.60. The molecule has 0 saturated heterocycles. The van der Waals surface area contributed by atoms with Gasteiger partial charge in [-0.25, -0.2) is 4.79 Å². The number of esters is 1. The monoisotopic (exact) mass is 521 g/mol. The SMILES string of the molecule is COc1ccc(C(Cc2c(Cl)c[n+]([O-])cc2Cl)OC(=O)c2ccc(C=O)s2)cc1OCC1CC1. The molecule has 0 N–H and O–H groups in total. The second-order valence-corrected chi connectivity index (χ2v) is 9.80. The Bertz CT molecular complexity index is 1190.